The van der Waals surface area contributed by atoms with E-state index in [4.69, 9.17) is 10.3 Å². The van der Waals surface area contributed by atoms with Gasteiger partial charge in [0.25, 0.3) is 0 Å². The molecule has 106 valence electrons. The molecule has 0 aromatic heterocycles. The van der Waals surface area contributed by atoms with Crippen molar-refractivity contribution >= 4 is 23.6 Å². The van der Waals surface area contributed by atoms with Crippen molar-refractivity contribution in [2.45, 2.75) is 0 Å². The van der Waals surface area contributed by atoms with Gasteiger partial charge in [0.05, 0.1) is 0 Å². The largest absolute Gasteiger partial charge is 0.402 e. The highest BCUT2D eigenvalue weighted by molar-refractivity contribution is 6.12. The fourth-order valence-electron chi connectivity index (χ4n) is 1.96. The number of aliphatic imine (C=N–C) groups is 1. The maximum Gasteiger partial charge on any atom is 0.363 e. The number of rotatable bonds is 3. The summed E-state index contributed by atoms with van der Waals surface area (Å²) >= 11 is 0. The maximum atomic E-state index is 11.9. The van der Waals surface area contributed by atoms with Crippen molar-refractivity contribution in [3.8, 4) is 0 Å². The molecule has 2 aromatic carbocycles. The first-order valence-electron chi connectivity index (χ1n) is 6.49. The molecule has 0 spiro atoms. The summed E-state index contributed by atoms with van der Waals surface area (Å²) in [4.78, 5) is 18.8. The molecule has 0 radical (unpaired) electrons. The van der Waals surface area contributed by atoms with E-state index in [2.05, 4.69) is 15.0 Å². The minimum Gasteiger partial charge on any atom is -0.402 e. The van der Waals surface area contributed by atoms with E-state index in [1.165, 1.54) is 0 Å². The zero-order chi connectivity index (χ0) is 15.4. The molecule has 6 nitrogen and oxygen atoms in total. The fraction of sp³-hybridized carbons (Fsp3) is 0. The third-order valence-electron chi connectivity index (χ3n) is 3.00. The Morgan fingerprint density at radius 2 is 1.82 bits per heavy atom. The first-order valence-corrected chi connectivity index (χ1v) is 6.49. The Hall–Kier alpha value is -3.37. The molecule has 0 amide bonds. The molecule has 0 unspecified atom stereocenters. The first kappa shape index (κ1) is 13.6. The van der Waals surface area contributed by atoms with Crippen LogP contribution in [0.25, 0.3) is 16.5 Å². The Bertz CT molecular complexity index is 817. The zero-order valence-electron chi connectivity index (χ0n) is 11.4. The Kier molecular flexibility index (Phi) is 3.68. The van der Waals surface area contributed by atoms with Crippen LogP contribution in [0.15, 0.2) is 70.4 Å². The minimum atomic E-state index is -0.488. The number of carbonyl (C=O) groups is 1. The third kappa shape index (κ3) is 2.87. The molecule has 0 aliphatic carbocycles. The van der Waals surface area contributed by atoms with Crippen molar-refractivity contribution in [3.05, 3.63) is 81.9 Å². The lowest BCUT2D eigenvalue weighted by molar-refractivity contribution is -0.129. The van der Waals surface area contributed by atoms with Gasteiger partial charge in [-0.1, -0.05) is 47.6 Å². The molecule has 6 heteroatoms. The van der Waals surface area contributed by atoms with Crippen LogP contribution in [0.1, 0.15) is 11.1 Å². The van der Waals surface area contributed by atoms with E-state index in [0.717, 1.165) is 11.1 Å². The molecule has 1 heterocycles. The van der Waals surface area contributed by atoms with Gasteiger partial charge in [-0.3, -0.25) is 0 Å². The SMILES string of the molecule is [N-]=[N+]=Nc1ccc(/C=C2\N=C(c3ccccc3)OC2=O)cc1. The summed E-state index contributed by atoms with van der Waals surface area (Å²) in [6.07, 6.45) is 1.62. The monoisotopic (exact) mass is 290 g/mol. The van der Waals surface area contributed by atoms with Gasteiger partial charge in [0.1, 0.15) is 0 Å². The van der Waals surface area contributed by atoms with Gasteiger partial charge in [0, 0.05) is 16.2 Å². The molecule has 0 N–H and O–H groups in total. The van der Waals surface area contributed by atoms with E-state index in [1.807, 2.05) is 30.3 Å². The molecule has 2 aromatic rings. The molecule has 0 bridgehead atoms. The van der Waals surface area contributed by atoms with Crippen LogP contribution in [-0.2, 0) is 9.53 Å². The van der Waals surface area contributed by atoms with Crippen LogP contribution in [0.5, 0.6) is 0 Å². The van der Waals surface area contributed by atoms with Gasteiger partial charge in [0.2, 0.25) is 5.90 Å². The van der Waals surface area contributed by atoms with Gasteiger partial charge in [-0.2, -0.15) is 0 Å². The fourth-order valence-corrected chi connectivity index (χ4v) is 1.96. The standard InChI is InChI=1S/C16H10N4O2/c17-20-19-13-8-6-11(7-9-13)10-14-16(21)22-15(18-14)12-4-2-1-3-5-12/h1-10H/b14-10-. The number of carbonyl (C=O) groups excluding carboxylic acids is 1. The molecule has 1 aliphatic rings. The minimum absolute atomic E-state index is 0.232. The normalized spacial score (nSPS) is 15.2. The second-order valence-corrected chi connectivity index (χ2v) is 4.48. The maximum absolute atomic E-state index is 11.9. The summed E-state index contributed by atoms with van der Waals surface area (Å²) in [5.41, 5.74) is 10.6. The molecule has 1 aliphatic heterocycles. The van der Waals surface area contributed by atoms with Crippen LogP contribution in [-0.4, -0.2) is 11.9 Å². The van der Waals surface area contributed by atoms with E-state index >= 15 is 0 Å². The van der Waals surface area contributed by atoms with Crippen molar-refractivity contribution < 1.29 is 9.53 Å². The Morgan fingerprint density at radius 3 is 2.50 bits per heavy atom. The smallest absolute Gasteiger partial charge is 0.363 e. The van der Waals surface area contributed by atoms with Crippen LogP contribution < -0.4 is 0 Å². The Morgan fingerprint density at radius 1 is 1.09 bits per heavy atom. The number of esters is 1. The van der Waals surface area contributed by atoms with Crippen molar-refractivity contribution in [2.75, 3.05) is 0 Å². The average Bonchev–Trinajstić information content (AvgIpc) is 2.91. The number of hydrogen-bond acceptors (Lipinski definition) is 4. The van der Waals surface area contributed by atoms with Crippen LogP contribution in [0.3, 0.4) is 0 Å². The highest BCUT2D eigenvalue weighted by Crippen LogP contribution is 2.20. The van der Waals surface area contributed by atoms with E-state index in [1.54, 1.807) is 30.3 Å². The lowest BCUT2D eigenvalue weighted by Crippen LogP contribution is -2.04. The van der Waals surface area contributed by atoms with E-state index in [0.29, 0.717) is 11.6 Å². The van der Waals surface area contributed by atoms with Gasteiger partial charge >= 0.3 is 5.97 Å². The predicted molar refractivity (Wildman–Crippen MR) is 82.3 cm³/mol. The van der Waals surface area contributed by atoms with Gasteiger partial charge in [-0.05, 0) is 29.3 Å². The summed E-state index contributed by atoms with van der Waals surface area (Å²) in [5.74, 6) is -0.194. The van der Waals surface area contributed by atoms with Gasteiger partial charge in [0.15, 0.2) is 5.70 Å². The number of cyclic esters (lactones) is 1. The first-order chi connectivity index (χ1) is 10.8. The summed E-state index contributed by atoms with van der Waals surface area (Å²) in [6.45, 7) is 0. The molecule has 0 saturated heterocycles. The lowest BCUT2D eigenvalue weighted by Gasteiger charge is -1.97. The molecule has 0 atom stereocenters. The molecular formula is C16H10N4O2. The predicted octanol–water partition coefficient (Wildman–Crippen LogP) is 3.97. The summed E-state index contributed by atoms with van der Waals surface area (Å²) in [5, 5.41) is 3.49. The number of ether oxygens (including phenoxy) is 1. The number of hydrogen-bond donors (Lipinski definition) is 0. The Balaban J connectivity index is 1.89. The topological polar surface area (TPSA) is 87.4 Å². The van der Waals surface area contributed by atoms with E-state index in [9.17, 15) is 4.79 Å². The molecule has 0 fully saturated rings. The molecule has 0 saturated carbocycles. The average molecular weight is 290 g/mol. The number of benzene rings is 2. The number of nitrogens with zero attached hydrogens (tertiary/aromatic N) is 4. The van der Waals surface area contributed by atoms with Crippen molar-refractivity contribution in [3.63, 3.8) is 0 Å². The van der Waals surface area contributed by atoms with Crippen LogP contribution >= 0.6 is 0 Å². The Labute approximate surface area is 126 Å². The highest BCUT2D eigenvalue weighted by Gasteiger charge is 2.23. The van der Waals surface area contributed by atoms with Crippen LogP contribution in [0, 0.1) is 0 Å². The summed E-state index contributed by atoms with van der Waals surface area (Å²) in [6, 6.07) is 16.0. The van der Waals surface area contributed by atoms with Gasteiger partial charge in [-0.25, -0.2) is 9.79 Å². The zero-order valence-corrected chi connectivity index (χ0v) is 11.4. The quantitative estimate of drug-likeness (QED) is 0.281. The van der Waals surface area contributed by atoms with Crippen LogP contribution in [0.2, 0.25) is 0 Å². The van der Waals surface area contributed by atoms with Crippen molar-refractivity contribution in [1.82, 2.24) is 0 Å². The van der Waals surface area contributed by atoms with Gasteiger partial charge in [-0.15, -0.1) is 0 Å². The molecule has 3 rings (SSSR count). The third-order valence-corrected chi connectivity index (χ3v) is 3.00. The van der Waals surface area contributed by atoms with Crippen molar-refractivity contribution in [2.24, 2.45) is 10.1 Å². The van der Waals surface area contributed by atoms with Gasteiger partial charge < -0.3 is 4.74 Å². The highest BCUT2D eigenvalue weighted by atomic mass is 16.6. The van der Waals surface area contributed by atoms with Crippen LogP contribution in [0.4, 0.5) is 5.69 Å². The second kappa shape index (κ2) is 5.95. The summed E-state index contributed by atoms with van der Waals surface area (Å²) in [7, 11) is 0. The van der Waals surface area contributed by atoms with E-state index in [-0.39, 0.29) is 5.70 Å². The number of azide groups is 1. The summed E-state index contributed by atoms with van der Waals surface area (Å²) < 4.78 is 5.17. The molecular weight excluding hydrogens is 280 g/mol. The lowest BCUT2D eigenvalue weighted by atomic mass is 10.2. The van der Waals surface area contributed by atoms with E-state index < -0.39 is 5.97 Å². The van der Waals surface area contributed by atoms with Crippen molar-refractivity contribution in [1.29, 1.82) is 0 Å². The molecule has 22 heavy (non-hydrogen) atoms. The second-order valence-electron chi connectivity index (χ2n) is 4.48.